The lowest BCUT2D eigenvalue weighted by Crippen LogP contribution is -1.99. The van der Waals surface area contributed by atoms with Gasteiger partial charge in [-0.05, 0) is 31.2 Å². The summed E-state index contributed by atoms with van der Waals surface area (Å²) in [6.45, 7) is 2.49. The van der Waals surface area contributed by atoms with Crippen LogP contribution in [0.15, 0.2) is 42.5 Å². The van der Waals surface area contributed by atoms with Crippen LogP contribution in [0.1, 0.15) is 24.2 Å². The average molecular weight is 344 g/mol. The molecule has 0 spiro atoms. The number of hydrogen-bond donors (Lipinski definition) is 1. The van der Waals surface area contributed by atoms with Gasteiger partial charge in [-0.15, -0.1) is 0 Å². The first-order valence-corrected chi connectivity index (χ1v) is 8.02. The Morgan fingerprint density at radius 3 is 2.24 bits per heavy atom. The van der Waals surface area contributed by atoms with Crippen LogP contribution in [0.25, 0.3) is 6.08 Å². The van der Waals surface area contributed by atoms with E-state index >= 15 is 0 Å². The Labute approximate surface area is 148 Å². The van der Waals surface area contributed by atoms with E-state index in [1.807, 2.05) is 25.1 Å². The molecule has 1 atom stereocenters. The van der Waals surface area contributed by atoms with Crippen LogP contribution >= 0.6 is 0 Å². The van der Waals surface area contributed by atoms with Crippen molar-refractivity contribution in [1.29, 1.82) is 0 Å². The minimum atomic E-state index is -0.822. The Bertz CT molecular complexity index is 724. The molecule has 1 unspecified atom stereocenters. The van der Waals surface area contributed by atoms with Crippen LogP contribution in [0, 0.1) is 0 Å². The molecule has 0 aliphatic heterocycles. The second kappa shape index (κ2) is 8.99. The highest BCUT2D eigenvalue weighted by molar-refractivity contribution is 5.60. The van der Waals surface area contributed by atoms with Crippen LogP contribution in [0.3, 0.4) is 0 Å². The van der Waals surface area contributed by atoms with Gasteiger partial charge < -0.3 is 24.1 Å². The van der Waals surface area contributed by atoms with Gasteiger partial charge in [0.05, 0.1) is 27.9 Å². The summed E-state index contributed by atoms with van der Waals surface area (Å²) in [5, 5.41) is 10.5. The number of methoxy groups -OCH3 is 3. The number of aliphatic hydroxyl groups excluding tert-OH is 1. The standard InChI is InChI=1S/C20H24O5/c1-5-25-16-9-10-17(20(13-16)24-4)18(21)11-7-14-6-8-15(22-2)12-19(14)23-3/h6-13,18,21H,5H2,1-4H3. The van der Waals surface area contributed by atoms with Crippen molar-refractivity contribution in [2.24, 2.45) is 0 Å². The summed E-state index contributed by atoms with van der Waals surface area (Å²) in [7, 11) is 4.77. The predicted octanol–water partition coefficient (Wildman–Crippen LogP) is 3.86. The maximum atomic E-state index is 10.5. The molecule has 134 valence electrons. The zero-order valence-electron chi connectivity index (χ0n) is 15.0. The summed E-state index contributed by atoms with van der Waals surface area (Å²) in [6, 6.07) is 10.9. The van der Waals surface area contributed by atoms with Gasteiger partial charge in [0.2, 0.25) is 0 Å². The Kier molecular flexibility index (Phi) is 6.71. The largest absolute Gasteiger partial charge is 0.497 e. The molecule has 1 N–H and O–H groups in total. The molecule has 5 heteroatoms. The normalized spacial score (nSPS) is 12.0. The molecular weight excluding hydrogens is 320 g/mol. The van der Waals surface area contributed by atoms with Gasteiger partial charge >= 0.3 is 0 Å². The van der Waals surface area contributed by atoms with E-state index in [0.717, 1.165) is 5.56 Å². The Hall–Kier alpha value is -2.66. The molecule has 0 heterocycles. The Morgan fingerprint density at radius 2 is 1.60 bits per heavy atom. The molecular formula is C20H24O5. The summed E-state index contributed by atoms with van der Waals surface area (Å²) in [5.41, 5.74) is 1.50. The molecule has 2 aromatic rings. The summed E-state index contributed by atoms with van der Waals surface area (Å²) in [6.07, 6.45) is 2.67. The number of ether oxygens (including phenoxy) is 4. The molecule has 0 saturated heterocycles. The fourth-order valence-electron chi connectivity index (χ4n) is 2.45. The van der Waals surface area contributed by atoms with Crippen molar-refractivity contribution in [1.82, 2.24) is 0 Å². The Morgan fingerprint density at radius 1 is 0.920 bits per heavy atom. The van der Waals surface area contributed by atoms with Gasteiger partial charge in [-0.2, -0.15) is 0 Å². The SMILES string of the molecule is CCOc1ccc(C(O)C=Cc2ccc(OC)cc2OC)c(OC)c1. The fourth-order valence-corrected chi connectivity index (χ4v) is 2.45. The molecule has 0 radical (unpaired) electrons. The molecule has 0 bridgehead atoms. The van der Waals surface area contributed by atoms with Crippen molar-refractivity contribution in [2.75, 3.05) is 27.9 Å². The molecule has 0 aliphatic rings. The van der Waals surface area contributed by atoms with Gasteiger partial charge in [-0.1, -0.05) is 12.2 Å². The molecule has 0 fully saturated rings. The second-order valence-corrected chi connectivity index (χ2v) is 5.25. The van der Waals surface area contributed by atoms with Crippen molar-refractivity contribution in [3.8, 4) is 23.0 Å². The smallest absolute Gasteiger partial charge is 0.129 e. The molecule has 0 amide bonds. The topological polar surface area (TPSA) is 57.2 Å². The molecule has 0 aromatic heterocycles. The van der Waals surface area contributed by atoms with E-state index in [1.54, 1.807) is 51.7 Å². The third-order valence-electron chi connectivity index (χ3n) is 3.73. The fraction of sp³-hybridized carbons (Fsp3) is 0.300. The first-order chi connectivity index (χ1) is 12.1. The van der Waals surface area contributed by atoms with E-state index in [4.69, 9.17) is 18.9 Å². The molecule has 25 heavy (non-hydrogen) atoms. The lowest BCUT2D eigenvalue weighted by atomic mass is 10.1. The minimum absolute atomic E-state index is 0.572. The van der Waals surface area contributed by atoms with Gasteiger partial charge in [-0.3, -0.25) is 0 Å². The second-order valence-electron chi connectivity index (χ2n) is 5.25. The molecule has 0 saturated carbocycles. The monoisotopic (exact) mass is 344 g/mol. The van der Waals surface area contributed by atoms with Crippen LogP contribution in [0.5, 0.6) is 23.0 Å². The van der Waals surface area contributed by atoms with E-state index in [9.17, 15) is 5.11 Å². The maximum absolute atomic E-state index is 10.5. The van der Waals surface area contributed by atoms with Crippen LogP contribution < -0.4 is 18.9 Å². The van der Waals surface area contributed by atoms with Gasteiger partial charge in [0.15, 0.2) is 0 Å². The number of aliphatic hydroxyl groups is 1. The summed E-state index contributed by atoms with van der Waals surface area (Å²) < 4.78 is 21.4. The highest BCUT2D eigenvalue weighted by Gasteiger charge is 2.12. The van der Waals surface area contributed by atoms with E-state index in [0.29, 0.717) is 35.2 Å². The van der Waals surface area contributed by atoms with E-state index < -0.39 is 6.10 Å². The van der Waals surface area contributed by atoms with Gasteiger partial charge in [0.25, 0.3) is 0 Å². The molecule has 2 rings (SSSR count). The highest BCUT2D eigenvalue weighted by atomic mass is 16.5. The third kappa shape index (κ3) is 4.67. The lowest BCUT2D eigenvalue weighted by Gasteiger charge is -2.14. The van der Waals surface area contributed by atoms with Crippen LogP contribution in [-0.4, -0.2) is 33.0 Å². The summed E-state index contributed by atoms with van der Waals surface area (Å²) in [4.78, 5) is 0. The van der Waals surface area contributed by atoms with Crippen molar-refractivity contribution in [3.05, 3.63) is 53.6 Å². The first-order valence-electron chi connectivity index (χ1n) is 8.02. The van der Waals surface area contributed by atoms with E-state index in [2.05, 4.69) is 0 Å². The molecule has 0 aliphatic carbocycles. The van der Waals surface area contributed by atoms with Crippen LogP contribution in [0.2, 0.25) is 0 Å². The van der Waals surface area contributed by atoms with Crippen molar-refractivity contribution in [3.63, 3.8) is 0 Å². The Balaban J connectivity index is 2.24. The molecule has 5 nitrogen and oxygen atoms in total. The lowest BCUT2D eigenvalue weighted by molar-refractivity contribution is 0.223. The van der Waals surface area contributed by atoms with Crippen molar-refractivity contribution < 1.29 is 24.1 Å². The van der Waals surface area contributed by atoms with Crippen LogP contribution in [-0.2, 0) is 0 Å². The number of benzene rings is 2. The highest BCUT2D eigenvalue weighted by Crippen LogP contribution is 2.32. The summed E-state index contributed by atoms with van der Waals surface area (Å²) >= 11 is 0. The van der Waals surface area contributed by atoms with Gasteiger partial charge in [-0.25, -0.2) is 0 Å². The zero-order valence-corrected chi connectivity index (χ0v) is 15.0. The quantitative estimate of drug-likeness (QED) is 0.788. The van der Waals surface area contributed by atoms with Crippen LogP contribution in [0.4, 0.5) is 0 Å². The summed E-state index contributed by atoms with van der Waals surface area (Å²) in [5.74, 6) is 2.66. The van der Waals surface area contributed by atoms with Crippen molar-refractivity contribution >= 4 is 6.08 Å². The predicted molar refractivity (Wildman–Crippen MR) is 97.7 cm³/mol. The zero-order chi connectivity index (χ0) is 18.2. The van der Waals surface area contributed by atoms with E-state index in [1.165, 1.54) is 0 Å². The third-order valence-corrected chi connectivity index (χ3v) is 3.73. The minimum Gasteiger partial charge on any atom is -0.497 e. The van der Waals surface area contributed by atoms with E-state index in [-0.39, 0.29) is 0 Å². The van der Waals surface area contributed by atoms with Gasteiger partial charge in [0.1, 0.15) is 29.1 Å². The van der Waals surface area contributed by atoms with Gasteiger partial charge in [0, 0.05) is 23.3 Å². The maximum Gasteiger partial charge on any atom is 0.129 e. The van der Waals surface area contributed by atoms with Crippen molar-refractivity contribution in [2.45, 2.75) is 13.0 Å². The number of hydrogen-bond acceptors (Lipinski definition) is 5. The average Bonchev–Trinajstić information content (AvgIpc) is 2.66. The first kappa shape index (κ1) is 18.7. The molecule has 2 aromatic carbocycles. The number of rotatable bonds is 8.